The predicted octanol–water partition coefficient (Wildman–Crippen LogP) is 2.49. The zero-order valence-electron chi connectivity index (χ0n) is 15.8. The first-order valence-corrected chi connectivity index (χ1v) is 9.88. The summed E-state index contributed by atoms with van der Waals surface area (Å²) in [5.41, 5.74) is 1.61. The van der Waals surface area contributed by atoms with Crippen molar-refractivity contribution in [2.45, 2.75) is 12.1 Å². The summed E-state index contributed by atoms with van der Waals surface area (Å²) in [7, 11) is 0. The zero-order valence-corrected chi connectivity index (χ0v) is 16.6. The fourth-order valence-electron chi connectivity index (χ4n) is 4.72. The normalized spacial score (nSPS) is 25.5. The smallest absolute Gasteiger partial charge is 0.289 e. The highest BCUT2D eigenvalue weighted by Gasteiger charge is 2.61. The monoisotopic (exact) mass is 438 g/mol. The van der Waals surface area contributed by atoms with Gasteiger partial charge in [-0.2, -0.15) is 0 Å². The van der Waals surface area contributed by atoms with E-state index in [9.17, 15) is 24.5 Å². The number of hydrogen-bond donors (Lipinski definition) is 2. The minimum absolute atomic E-state index is 0.0552. The maximum Gasteiger partial charge on any atom is 0.289 e. The van der Waals surface area contributed by atoms with Crippen molar-refractivity contribution in [2.24, 2.45) is 11.8 Å². The summed E-state index contributed by atoms with van der Waals surface area (Å²) in [6, 6.07) is 10.0. The Morgan fingerprint density at radius 1 is 1.13 bits per heavy atom. The van der Waals surface area contributed by atoms with E-state index in [1.54, 1.807) is 11.1 Å². The highest BCUT2D eigenvalue weighted by Crippen LogP contribution is 2.50. The zero-order chi connectivity index (χ0) is 21.9. The second-order valence-corrected chi connectivity index (χ2v) is 8.01. The lowest BCUT2D eigenvalue weighted by molar-refractivity contribution is -0.384. The van der Waals surface area contributed by atoms with Crippen LogP contribution >= 0.6 is 11.6 Å². The molecule has 0 radical (unpaired) electrons. The molecular weight excluding hydrogens is 424 g/mol. The minimum atomic E-state index is -0.958. The Morgan fingerprint density at radius 2 is 1.87 bits per heavy atom. The van der Waals surface area contributed by atoms with Crippen LogP contribution < -0.4 is 10.6 Å². The third kappa shape index (κ3) is 2.89. The molecule has 3 heterocycles. The van der Waals surface area contributed by atoms with E-state index in [4.69, 9.17) is 11.6 Å². The van der Waals surface area contributed by atoms with Crippen LogP contribution in [0.3, 0.4) is 0 Å². The van der Waals surface area contributed by atoms with E-state index in [0.717, 1.165) is 17.2 Å². The van der Waals surface area contributed by atoms with Crippen molar-refractivity contribution in [3.8, 4) is 0 Å². The molecule has 3 amide bonds. The number of carbonyl (C=O) groups is 3. The Hall–Kier alpha value is -3.72. The lowest BCUT2D eigenvalue weighted by Gasteiger charge is -2.34. The number of hydrogen-bond acceptors (Lipinski definition) is 6. The van der Waals surface area contributed by atoms with Crippen molar-refractivity contribution in [2.75, 3.05) is 5.32 Å². The number of nitrogens with zero attached hydrogens (tertiary/aromatic N) is 2. The van der Waals surface area contributed by atoms with Crippen molar-refractivity contribution >= 4 is 46.8 Å². The van der Waals surface area contributed by atoms with Crippen molar-refractivity contribution < 1.29 is 19.3 Å². The van der Waals surface area contributed by atoms with Crippen LogP contribution in [0.25, 0.3) is 6.08 Å². The molecule has 10 heteroatoms. The van der Waals surface area contributed by atoms with Crippen molar-refractivity contribution in [1.82, 2.24) is 10.2 Å². The molecule has 0 spiro atoms. The molecular formula is C21H15ClN4O5. The van der Waals surface area contributed by atoms with Crippen LogP contribution in [0.15, 0.2) is 48.7 Å². The molecule has 0 saturated carbocycles. The third-order valence-corrected chi connectivity index (χ3v) is 6.30. The molecule has 5 rings (SSSR count). The molecule has 0 bridgehead atoms. The lowest BCUT2D eigenvalue weighted by atomic mass is 9.84. The van der Waals surface area contributed by atoms with E-state index in [1.807, 2.05) is 30.3 Å². The van der Waals surface area contributed by atoms with Gasteiger partial charge in [0.15, 0.2) is 0 Å². The molecule has 0 unspecified atom stereocenters. The summed E-state index contributed by atoms with van der Waals surface area (Å²) >= 11 is 5.84. The maximum atomic E-state index is 13.3. The number of imide groups is 1. The van der Waals surface area contributed by atoms with Crippen LogP contribution in [0.2, 0.25) is 5.02 Å². The van der Waals surface area contributed by atoms with E-state index in [2.05, 4.69) is 10.6 Å². The average Bonchev–Trinajstić information content (AvgIpc) is 3.24. The molecule has 156 valence electrons. The number of nitrogens with one attached hydrogen (secondary N) is 2. The van der Waals surface area contributed by atoms with Gasteiger partial charge < -0.3 is 10.2 Å². The SMILES string of the molecule is O=C1NC(=O)[C@@H]2[C@@H]1[C@H](C(=O)Nc1ccc(Cl)c([N+](=O)[O-])c1)N1C=Cc3ccccc3[C@@H]21. The molecule has 31 heavy (non-hydrogen) atoms. The molecule has 3 aliphatic rings. The molecule has 0 aliphatic carbocycles. The number of carbonyl (C=O) groups excluding carboxylic acids is 3. The van der Waals surface area contributed by atoms with Crippen molar-refractivity contribution in [3.05, 3.63) is 74.9 Å². The number of nitro groups is 1. The Kier molecular flexibility index (Phi) is 4.30. The quantitative estimate of drug-likeness (QED) is 0.431. The maximum absolute atomic E-state index is 13.3. The molecule has 4 atom stereocenters. The second-order valence-electron chi connectivity index (χ2n) is 7.60. The molecule has 9 nitrogen and oxygen atoms in total. The van der Waals surface area contributed by atoms with Crippen molar-refractivity contribution in [3.63, 3.8) is 0 Å². The topological polar surface area (TPSA) is 122 Å². The highest BCUT2D eigenvalue weighted by molar-refractivity contribution is 6.32. The first-order chi connectivity index (χ1) is 14.9. The van der Waals surface area contributed by atoms with Gasteiger partial charge in [0, 0.05) is 18.0 Å². The van der Waals surface area contributed by atoms with E-state index in [-0.39, 0.29) is 16.4 Å². The number of benzene rings is 2. The summed E-state index contributed by atoms with van der Waals surface area (Å²) < 4.78 is 0. The number of amides is 3. The van der Waals surface area contributed by atoms with Gasteiger partial charge in [-0.25, -0.2) is 0 Å². The molecule has 2 aromatic rings. The van der Waals surface area contributed by atoms with Gasteiger partial charge in [0.25, 0.3) is 5.69 Å². The molecule has 2 aromatic carbocycles. The van der Waals surface area contributed by atoms with Gasteiger partial charge in [0.05, 0.1) is 22.8 Å². The fourth-order valence-corrected chi connectivity index (χ4v) is 4.91. The highest BCUT2D eigenvalue weighted by atomic mass is 35.5. The standard InChI is InChI=1S/C21H15ClN4O5/c22-13-6-5-11(9-14(13)26(30)31)23-21(29)18-16-15(19(27)24-20(16)28)17-12-4-2-1-3-10(12)7-8-25(17)18/h1-9,15-18H,(H,23,29)(H,24,27,28)/t15-,16-,17+,18-/m1/s1. The Bertz CT molecular complexity index is 1200. The van der Waals surface area contributed by atoms with Crippen LogP contribution in [0.1, 0.15) is 17.2 Å². The van der Waals surface area contributed by atoms with Gasteiger partial charge in [-0.1, -0.05) is 35.9 Å². The van der Waals surface area contributed by atoms with Gasteiger partial charge in [-0.15, -0.1) is 0 Å². The lowest BCUT2D eigenvalue weighted by Crippen LogP contribution is -2.45. The van der Waals surface area contributed by atoms with E-state index >= 15 is 0 Å². The van der Waals surface area contributed by atoms with Crippen LogP contribution in [-0.4, -0.2) is 33.6 Å². The summed E-state index contributed by atoms with van der Waals surface area (Å²) in [5.74, 6) is -3.04. The van der Waals surface area contributed by atoms with Gasteiger partial charge in [-0.05, 0) is 29.3 Å². The molecule has 0 aromatic heterocycles. The minimum Gasteiger partial charge on any atom is -0.357 e. The summed E-state index contributed by atoms with van der Waals surface area (Å²) in [4.78, 5) is 50.7. The molecule has 2 N–H and O–H groups in total. The third-order valence-electron chi connectivity index (χ3n) is 5.98. The summed E-state index contributed by atoms with van der Waals surface area (Å²) in [6.45, 7) is 0. The van der Waals surface area contributed by atoms with Gasteiger partial charge in [0.2, 0.25) is 17.7 Å². The number of fused-ring (bicyclic) bond motifs is 5. The van der Waals surface area contributed by atoms with Gasteiger partial charge >= 0.3 is 0 Å². The summed E-state index contributed by atoms with van der Waals surface area (Å²) in [5, 5.41) is 16.1. The number of halogens is 1. The predicted molar refractivity (Wildman–Crippen MR) is 111 cm³/mol. The fraction of sp³-hybridized carbons (Fsp3) is 0.190. The van der Waals surface area contributed by atoms with Gasteiger partial charge in [-0.3, -0.25) is 29.8 Å². The van der Waals surface area contributed by atoms with E-state index in [1.165, 1.54) is 12.1 Å². The molecule has 2 fully saturated rings. The Labute approximate surface area is 180 Å². The number of nitro benzene ring substituents is 1. The second kappa shape index (κ2) is 6.92. The van der Waals surface area contributed by atoms with Crippen molar-refractivity contribution in [1.29, 1.82) is 0 Å². The number of anilines is 1. The Balaban J connectivity index is 1.52. The molecule has 2 saturated heterocycles. The average molecular weight is 439 g/mol. The van der Waals surface area contributed by atoms with Crippen LogP contribution in [0.4, 0.5) is 11.4 Å². The summed E-state index contributed by atoms with van der Waals surface area (Å²) in [6.07, 6.45) is 3.56. The van der Waals surface area contributed by atoms with Gasteiger partial charge in [0.1, 0.15) is 11.1 Å². The van der Waals surface area contributed by atoms with E-state index in [0.29, 0.717) is 0 Å². The van der Waals surface area contributed by atoms with E-state index < -0.39 is 46.6 Å². The Morgan fingerprint density at radius 3 is 2.65 bits per heavy atom. The van der Waals surface area contributed by atoms with Crippen LogP contribution in [0, 0.1) is 22.0 Å². The molecule has 3 aliphatic heterocycles. The number of rotatable bonds is 3. The largest absolute Gasteiger partial charge is 0.357 e. The van der Waals surface area contributed by atoms with Crippen LogP contribution in [-0.2, 0) is 14.4 Å². The first-order valence-electron chi connectivity index (χ1n) is 9.51. The first kappa shape index (κ1) is 19.3. The van der Waals surface area contributed by atoms with Crippen LogP contribution in [0.5, 0.6) is 0 Å².